The number of carbonyl (C=O) groups is 1. The molecule has 120 valence electrons. The van der Waals surface area contributed by atoms with Gasteiger partial charge >= 0.3 is 0 Å². The predicted molar refractivity (Wildman–Crippen MR) is 94.8 cm³/mol. The Morgan fingerprint density at radius 1 is 0.913 bits per heavy atom. The Kier molecular flexibility index (Phi) is 4.56. The van der Waals surface area contributed by atoms with Crippen LogP contribution in [-0.4, -0.2) is 12.3 Å². The number of hydrogen-bond acceptors (Lipinski definition) is 2. The first-order valence-corrected chi connectivity index (χ1v) is 8.21. The molecule has 0 spiro atoms. The zero-order valence-corrected chi connectivity index (χ0v) is 13.9. The van der Waals surface area contributed by atoms with Gasteiger partial charge in [0.15, 0.2) is 0 Å². The lowest BCUT2D eigenvalue weighted by atomic mass is 9.66. The van der Waals surface area contributed by atoms with E-state index >= 15 is 0 Å². The molecule has 2 atom stereocenters. The summed E-state index contributed by atoms with van der Waals surface area (Å²) in [4.78, 5) is 12.4. The second-order valence-corrected chi connectivity index (χ2v) is 6.49. The van der Waals surface area contributed by atoms with Gasteiger partial charge in [0, 0.05) is 18.9 Å². The average molecular weight is 328 g/mol. The normalized spacial score (nSPS) is 25.5. The number of benzene rings is 2. The van der Waals surface area contributed by atoms with Gasteiger partial charge in [-0.15, -0.1) is 12.4 Å². The van der Waals surface area contributed by atoms with Crippen LogP contribution in [0.3, 0.4) is 0 Å². The summed E-state index contributed by atoms with van der Waals surface area (Å²) in [5.74, 6) is 0.963. The minimum Gasteiger partial charge on any atom is -0.303 e. The van der Waals surface area contributed by atoms with Crippen LogP contribution in [0.15, 0.2) is 60.7 Å². The van der Waals surface area contributed by atoms with Crippen molar-refractivity contribution in [2.24, 2.45) is 11.8 Å². The second kappa shape index (κ2) is 6.46. The van der Waals surface area contributed by atoms with Gasteiger partial charge in [0.25, 0.3) is 0 Å². The Balaban J connectivity index is 0.00000156. The Morgan fingerprint density at radius 3 is 2.04 bits per heavy atom. The van der Waals surface area contributed by atoms with E-state index in [1.54, 1.807) is 0 Å². The third-order valence-electron chi connectivity index (χ3n) is 5.45. The Labute approximate surface area is 143 Å². The van der Waals surface area contributed by atoms with Crippen molar-refractivity contribution < 1.29 is 4.79 Å². The fraction of sp³-hybridized carbons (Fsp3) is 0.350. The fourth-order valence-electron chi connectivity index (χ4n) is 4.48. The molecule has 2 aromatic carbocycles. The van der Waals surface area contributed by atoms with E-state index in [4.69, 9.17) is 0 Å². The fourth-order valence-corrected chi connectivity index (χ4v) is 4.48. The molecule has 0 amide bonds. The average Bonchev–Trinajstić information content (AvgIpc) is 2.98. The van der Waals surface area contributed by atoms with Gasteiger partial charge in [0.05, 0.1) is 5.54 Å². The van der Waals surface area contributed by atoms with Crippen molar-refractivity contribution in [2.45, 2.75) is 24.8 Å². The molecular formula is C20H22ClNO. The molecule has 3 heteroatoms. The largest absolute Gasteiger partial charge is 0.303 e. The van der Waals surface area contributed by atoms with Crippen LogP contribution in [0, 0.1) is 11.8 Å². The minimum absolute atomic E-state index is 0. The summed E-state index contributed by atoms with van der Waals surface area (Å²) in [5.41, 5.74) is 2.34. The van der Waals surface area contributed by atoms with E-state index in [9.17, 15) is 4.79 Å². The van der Waals surface area contributed by atoms with Gasteiger partial charge in [-0.3, -0.25) is 4.79 Å². The monoisotopic (exact) mass is 327 g/mol. The number of nitrogens with one attached hydrogen (secondary N) is 1. The molecule has 4 rings (SSSR count). The highest BCUT2D eigenvalue weighted by atomic mass is 35.5. The zero-order chi connectivity index (χ0) is 15.0. The third kappa shape index (κ3) is 2.50. The summed E-state index contributed by atoms with van der Waals surface area (Å²) < 4.78 is 0. The first-order valence-electron chi connectivity index (χ1n) is 8.21. The summed E-state index contributed by atoms with van der Waals surface area (Å²) in [6.07, 6.45) is 2.89. The molecule has 0 aromatic heterocycles. The van der Waals surface area contributed by atoms with Crippen LogP contribution in [0.4, 0.5) is 0 Å². The van der Waals surface area contributed by atoms with Crippen LogP contribution < -0.4 is 5.32 Å². The maximum Gasteiger partial charge on any atom is 0.137 e. The first kappa shape index (κ1) is 16.2. The van der Waals surface area contributed by atoms with Crippen LogP contribution in [0.2, 0.25) is 0 Å². The van der Waals surface area contributed by atoms with Crippen LogP contribution in [-0.2, 0) is 10.3 Å². The highest BCUT2D eigenvalue weighted by Gasteiger charge is 2.53. The number of carbonyl (C=O) groups excluding carboxylic acids is 1. The van der Waals surface area contributed by atoms with Gasteiger partial charge in [-0.25, -0.2) is 0 Å². The zero-order valence-electron chi connectivity index (χ0n) is 13.1. The maximum absolute atomic E-state index is 12.4. The highest BCUT2D eigenvalue weighted by molar-refractivity contribution is 5.85. The molecule has 0 radical (unpaired) electrons. The Morgan fingerprint density at radius 2 is 1.48 bits per heavy atom. The van der Waals surface area contributed by atoms with E-state index < -0.39 is 0 Å². The quantitative estimate of drug-likeness (QED) is 0.905. The number of rotatable bonds is 2. The maximum atomic E-state index is 12.4. The molecular weight excluding hydrogens is 306 g/mol. The molecule has 1 aliphatic heterocycles. The van der Waals surface area contributed by atoms with Gasteiger partial charge < -0.3 is 5.32 Å². The lowest BCUT2D eigenvalue weighted by Gasteiger charge is -2.40. The van der Waals surface area contributed by atoms with Gasteiger partial charge in [-0.05, 0) is 29.9 Å². The van der Waals surface area contributed by atoms with Gasteiger partial charge in [-0.1, -0.05) is 60.7 Å². The van der Waals surface area contributed by atoms with E-state index in [2.05, 4.69) is 66.0 Å². The van der Waals surface area contributed by atoms with E-state index in [1.165, 1.54) is 11.1 Å². The lowest BCUT2D eigenvalue weighted by molar-refractivity contribution is -0.125. The van der Waals surface area contributed by atoms with E-state index in [0.29, 0.717) is 11.7 Å². The summed E-state index contributed by atoms with van der Waals surface area (Å²) in [6.45, 7) is 0.799. The Hall–Kier alpha value is -1.64. The molecule has 2 unspecified atom stereocenters. The van der Waals surface area contributed by atoms with Gasteiger partial charge in [0.2, 0.25) is 0 Å². The molecule has 23 heavy (non-hydrogen) atoms. The van der Waals surface area contributed by atoms with Crippen LogP contribution in [0.25, 0.3) is 0 Å². The van der Waals surface area contributed by atoms with Crippen molar-refractivity contribution in [2.75, 3.05) is 6.54 Å². The summed E-state index contributed by atoms with van der Waals surface area (Å²) in [6, 6.07) is 21.3. The van der Waals surface area contributed by atoms with Crippen LogP contribution in [0.1, 0.15) is 30.4 Å². The van der Waals surface area contributed by atoms with Gasteiger partial charge in [0.1, 0.15) is 5.78 Å². The molecule has 0 bridgehead atoms. The molecule has 1 heterocycles. The minimum atomic E-state index is -0.219. The molecule has 1 saturated heterocycles. The van der Waals surface area contributed by atoms with Gasteiger partial charge in [-0.2, -0.15) is 0 Å². The second-order valence-electron chi connectivity index (χ2n) is 6.49. The third-order valence-corrected chi connectivity index (χ3v) is 5.45. The molecule has 1 saturated carbocycles. The number of hydrogen-bond donors (Lipinski definition) is 1. The van der Waals surface area contributed by atoms with Crippen molar-refractivity contribution in [3.63, 3.8) is 0 Å². The smallest absolute Gasteiger partial charge is 0.137 e. The molecule has 2 aliphatic rings. The molecule has 2 aromatic rings. The van der Waals surface area contributed by atoms with Crippen LogP contribution in [0.5, 0.6) is 0 Å². The molecule has 2 nitrogen and oxygen atoms in total. The number of fused-ring (bicyclic) bond motifs is 1. The van der Waals surface area contributed by atoms with E-state index in [-0.39, 0.29) is 23.9 Å². The molecule has 1 N–H and O–H groups in total. The highest BCUT2D eigenvalue weighted by Crippen LogP contribution is 2.49. The summed E-state index contributed by atoms with van der Waals surface area (Å²) in [5, 5.41) is 3.75. The van der Waals surface area contributed by atoms with Crippen molar-refractivity contribution in [1.29, 1.82) is 0 Å². The number of ketones is 1. The predicted octanol–water partition coefficient (Wildman–Crippen LogP) is 3.94. The van der Waals surface area contributed by atoms with E-state index in [0.717, 1.165) is 25.8 Å². The molecule has 1 aliphatic carbocycles. The molecule has 2 fully saturated rings. The standard InChI is InChI=1S/C20H21NO.ClH/c22-19-13-7-12-18-17(19)14-21-20(18,15-8-3-1-4-9-15)16-10-5-2-6-11-16;/h1-6,8-11,17-18,21H,7,12-14H2;1H. The summed E-state index contributed by atoms with van der Waals surface area (Å²) >= 11 is 0. The van der Waals surface area contributed by atoms with Crippen molar-refractivity contribution >= 4 is 18.2 Å². The van der Waals surface area contributed by atoms with Crippen molar-refractivity contribution in [1.82, 2.24) is 5.32 Å². The Bertz CT molecular complexity index is 631. The lowest BCUT2D eigenvalue weighted by Crippen LogP contribution is -2.44. The topological polar surface area (TPSA) is 29.1 Å². The van der Waals surface area contributed by atoms with Crippen molar-refractivity contribution in [3.05, 3.63) is 71.8 Å². The summed E-state index contributed by atoms with van der Waals surface area (Å²) in [7, 11) is 0. The van der Waals surface area contributed by atoms with Crippen LogP contribution >= 0.6 is 12.4 Å². The number of Topliss-reactive ketones (excluding diaryl/α,β-unsaturated/α-hetero) is 1. The first-order chi connectivity index (χ1) is 10.8. The van der Waals surface area contributed by atoms with Crippen molar-refractivity contribution in [3.8, 4) is 0 Å². The van der Waals surface area contributed by atoms with E-state index in [1.807, 2.05) is 0 Å². The SMILES string of the molecule is Cl.O=C1CCCC2C1CNC2(c1ccccc1)c1ccccc1. The number of halogens is 1.